The molecule has 2 aromatic heterocycles. The maximum atomic E-state index is 6.60. The van der Waals surface area contributed by atoms with Crippen molar-refractivity contribution >= 4 is 33.5 Å². The summed E-state index contributed by atoms with van der Waals surface area (Å²) < 4.78 is 6.60. The van der Waals surface area contributed by atoms with Crippen molar-refractivity contribution in [1.82, 2.24) is 15.0 Å². The number of nitrogens with zero attached hydrogens (tertiary/aromatic N) is 3. The highest BCUT2D eigenvalue weighted by Gasteiger charge is 2.16. The Labute approximate surface area is 224 Å². The van der Waals surface area contributed by atoms with Gasteiger partial charge in [-0.25, -0.2) is 4.98 Å². The van der Waals surface area contributed by atoms with Crippen molar-refractivity contribution < 1.29 is 4.42 Å². The summed E-state index contributed by atoms with van der Waals surface area (Å²) in [5.41, 5.74) is 7.68. The Morgan fingerprint density at radius 2 is 0.947 bits per heavy atom. The van der Waals surface area contributed by atoms with Gasteiger partial charge in [0.05, 0.1) is 0 Å². The van der Waals surface area contributed by atoms with Gasteiger partial charge in [-0.3, -0.25) is 0 Å². The average molecular weight is 510 g/mol. The van der Waals surface area contributed by atoms with Crippen LogP contribution < -0.4 is 0 Å². The molecule has 0 saturated carbocycles. The van der Waals surface area contributed by atoms with E-state index in [-0.39, 0.29) is 5.28 Å². The summed E-state index contributed by atoms with van der Waals surface area (Å²) in [7, 11) is 0. The van der Waals surface area contributed by atoms with Crippen LogP contribution in [0.1, 0.15) is 0 Å². The molecular formula is C33H20ClN3O. The molecule has 0 aliphatic carbocycles. The van der Waals surface area contributed by atoms with Gasteiger partial charge in [0.2, 0.25) is 5.28 Å². The number of benzene rings is 5. The van der Waals surface area contributed by atoms with E-state index < -0.39 is 0 Å². The lowest BCUT2D eigenvalue weighted by Crippen LogP contribution is -1.97. The lowest BCUT2D eigenvalue weighted by Gasteiger charge is -2.08. The highest BCUT2D eigenvalue weighted by molar-refractivity contribution is 6.28. The summed E-state index contributed by atoms with van der Waals surface area (Å²) in [6, 6.07) is 40.8. The van der Waals surface area contributed by atoms with Crippen molar-refractivity contribution in [2.24, 2.45) is 0 Å². The minimum Gasteiger partial charge on any atom is -0.455 e. The third kappa shape index (κ3) is 3.92. The van der Waals surface area contributed by atoms with Crippen LogP contribution in [0.5, 0.6) is 0 Å². The molecule has 5 heteroatoms. The molecule has 0 N–H and O–H groups in total. The second-order valence-electron chi connectivity index (χ2n) is 9.03. The summed E-state index contributed by atoms with van der Waals surface area (Å²) >= 11 is 6.32. The van der Waals surface area contributed by atoms with Gasteiger partial charge in [0.1, 0.15) is 11.2 Å². The number of rotatable bonds is 4. The first-order chi connectivity index (χ1) is 18.7. The van der Waals surface area contributed by atoms with Gasteiger partial charge in [-0.2, -0.15) is 9.97 Å². The molecule has 0 aliphatic rings. The third-order valence-electron chi connectivity index (χ3n) is 6.68. The van der Waals surface area contributed by atoms with Gasteiger partial charge in [0.25, 0.3) is 0 Å². The molecule has 0 unspecified atom stereocenters. The van der Waals surface area contributed by atoms with Crippen molar-refractivity contribution in [3.05, 3.63) is 127 Å². The van der Waals surface area contributed by atoms with Gasteiger partial charge < -0.3 is 4.42 Å². The zero-order valence-corrected chi connectivity index (χ0v) is 20.9. The largest absolute Gasteiger partial charge is 0.455 e. The minimum absolute atomic E-state index is 0.159. The molecule has 0 fully saturated rings. The van der Waals surface area contributed by atoms with Crippen LogP contribution in [0, 0.1) is 0 Å². The molecule has 0 saturated heterocycles. The fourth-order valence-corrected chi connectivity index (χ4v) is 5.07. The fraction of sp³-hybridized carbons (Fsp3) is 0. The second kappa shape index (κ2) is 9.25. The van der Waals surface area contributed by atoms with Gasteiger partial charge in [-0.15, -0.1) is 0 Å². The van der Waals surface area contributed by atoms with Gasteiger partial charge in [-0.1, -0.05) is 115 Å². The summed E-state index contributed by atoms with van der Waals surface area (Å²) in [6.45, 7) is 0. The molecule has 2 heterocycles. The molecule has 38 heavy (non-hydrogen) atoms. The van der Waals surface area contributed by atoms with Crippen molar-refractivity contribution in [3.63, 3.8) is 0 Å². The summed E-state index contributed by atoms with van der Waals surface area (Å²) in [6.07, 6.45) is 0. The topological polar surface area (TPSA) is 51.8 Å². The van der Waals surface area contributed by atoms with E-state index in [2.05, 4.69) is 70.6 Å². The molecule has 5 aromatic carbocycles. The van der Waals surface area contributed by atoms with Crippen LogP contribution in [0.4, 0.5) is 0 Å². The van der Waals surface area contributed by atoms with Gasteiger partial charge >= 0.3 is 0 Å². The molecule has 0 spiro atoms. The molecule has 0 aliphatic heterocycles. The van der Waals surface area contributed by atoms with Gasteiger partial charge in [0.15, 0.2) is 11.6 Å². The van der Waals surface area contributed by atoms with Crippen molar-refractivity contribution in [2.75, 3.05) is 0 Å². The van der Waals surface area contributed by atoms with E-state index in [0.29, 0.717) is 11.6 Å². The molecule has 180 valence electrons. The predicted molar refractivity (Wildman–Crippen MR) is 154 cm³/mol. The summed E-state index contributed by atoms with van der Waals surface area (Å²) in [5, 5.41) is 2.33. The second-order valence-corrected chi connectivity index (χ2v) is 9.37. The molecule has 0 radical (unpaired) electrons. The molecular weight excluding hydrogens is 490 g/mol. The van der Waals surface area contributed by atoms with E-state index in [1.165, 1.54) is 0 Å². The van der Waals surface area contributed by atoms with E-state index in [4.69, 9.17) is 21.0 Å². The number of aromatic nitrogens is 3. The fourth-order valence-electron chi connectivity index (χ4n) is 4.91. The van der Waals surface area contributed by atoms with E-state index in [1.54, 1.807) is 0 Å². The first-order valence-corrected chi connectivity index (χ1v) is 12.7. The Balaban J connectivity index is 1.37. The first kappa shape index (κ1) is 22.4. The third-order valence-corrected chi connectivity index (χ3v) is 6.85. The van der Waals surface area contributed by atoms with Crippen LogP contribution in [-0.4, -0.2) is 15.0 Å². The Bertz CT molecular complexity index is 1930. The van der Waals surface area contributed by atoms with Crippen molar-refractivity contribution in [3.8, 4) is 45.0 Å². The van der Waals surface area contributed by atoms with Crippen LogP contribution in [-0.2, 0) is 0 Å². The normalized spacial score (nSPS) is 11.3. The molecule has 0 bridgehead atoms. The SMILES string of the molecule is Clc1nc(-c2ccccc2)nc(-c2cccc(-c3cccc4c3oc3c(-c5ccccc5)cccc34)c2)n1. The predicted octanol–water partition coefficient (Wildman–Crippen LogP) is 9.09. The highest BCUT2D eigenvalue weighted by Crippen LogP contribution is 2.40. The van der Waals surface area contributed by atoms with Crippen LogP contribution in [0.25, 0.3) is 67.0 Å². The Kier molecular flexibility index (Phi) is 5.46. The molecule has 4 nitrogen and oxygen atoms in total. The number of halogens is 1. The maximum Gasteiger partial charge on any atom is 0.226 e. The van der Waals surface area contributed by atoms with E-state index >= 15 is 0 Å². The first-order valence-electron chi connectivity index (χ1n) is 12.3. The number of para-hydroxylation sites is 2. The standard InChI is InChI=1S/C33H20ClN3O/c34-33-36-31(22-12-5-2-6-13-22)35-32(37-33)24-15-7-14-23(20-24)26-17-9-19-28-27-18-8-16-25(29(27)38-30(26)28)21-10-3-1-4-11-21/h1-20H. The number of furan rings is 1. The molecule has 7 rings (SSSR count). The van der Waals surface area contributed by atoms with Gasteiger partial charge in [0, 0.05) is 33.0 Å². The van der Waals surface area contributed by atoms with E-state index in [9.17, 15) is 0 Å². The smallest absolute Gasteiger partial charge is 0.226 e. The molecule has 0 atom stereocenters. The van der Waals surface area contributed by atoms with Crippen molar-refractivity contribution in [1.29, 1.82) is 0 Å². The molecule has 7 aromatic rings. The summed E-state index contributed by atoms with van der Waals surface area (Å²) in [4.78, 5) is 13.5. The zero-order chi connectivity index (χ0) is 25.5. The maximum absolute atomic E-state index is 6.60. The van der Waals surface area contributed by atoms with Crippen LogP contribution in [0.3, 0.4) is 0 Å². The summed E-state index contributed by atoms with van der Waals surface area (Å²) in [5.74, 6) is 1.06. The average Bonchev–Trinajstić information content (AvgIpc) is 3.37. The molecule has 0 amide bonds. The lowest BCUT2D eigenvalue weighted by atomic mass is 9.99. The minimum atomic E-state index is 0.159. The van der Waals surface area contributed by atoms with Crippen LogP contribution in [0.2, 0.25) is 5.28 Å². The van der Waals surface area contributed by atoms with Gasteiger partial charge in [-0.05, 0) is 28.8 Å². The Morgan fingerprint density at radius 3 is 1.61 bits per heavy atom. The van der Waals surface area contributed by atoms with Crippen molar-refractivity contribution in [2.45, 2.75) is 0 Å². The number of hydrogen-bond acceptors (Lipinski definition) is 4. The number of fused-ring (bicyclic) bond motifs is 3. The van der Waals surface area contributed by atoms with E-state index in [1.807, 2.05) is 60.7 Å². The monoisotopic (exact) mass is 509 g/mol. The Hall–Kier alpha value is -4.80. The van der Waals surface area contributed by atoms with Crippen LogP contribution in [0.15, 0.2) is 126 Å². The lowest BCUT2D eigenvalue weighted by molar-refractivity contribution is 0.671. The quantitative estimate of drug-likeness (QED) is 0.237. The van der Waals surface area contributed by atoms with E-state index in [0.717, 1.165) is 55.3 Å². The Morgan fingerprint density at radius 1 is 0.447 bits per heavy atom. The zero-order valence-electron chi connectivity index (χ0n) is 20.2. The van der Waals surface area contributed by atoms with Crippen LogP contribution >= 0.6 is 11.6 Å². The highest BCUT2D eigenvalue weighted by atomic mass is 35.5. The number of hydrogen-bond donors (Lipinski definition) is 0.